The molecular weight excluding hydrogens is 266 g/mol. The molecule has 0 aliphatic carbocycles. The molecule has 0 saturated carbocycles. The maximum absolute atomic E-state index is 12.3. The summed E-state index contributed by atoms with van der Waals surface area (Å²) < 4.78 is 5.13. The SMILES string of the molecule is O=C1CCN(C(=O)c2ccc(Cl)o2)c2ccccc21. The molecule has 96 valence electrons. The summed E-state index contributed by atoms with van der Waals surface area (Å²) in [5.74, 6) is -0.0573. The van der Waals surface area contributed by atoms with Crippen LogP contribution in [0.1, 0.15) is 27.3 Å². The molecule has 0 spiro atoms. The number of para-hydroxylation sites is 1. The molecule has 4 nitrogen and oxygen atoms in total. The van der Waals surface area contributed by atoms with Crippen LogP contribution in [0.3, 0.4) is 0 Å². The molecule has 5 heteroatoms. The average molecular weight is 276 g/mol. The number of ketones is 1. The minimum absolute atomic E-state index is 0.0529. The lowest BCUT2D eigenvalue weighted by atomic mass is 10.0. The van der Waals surface area contributed by atoms with E-state index >= 15 is 0 Å². The van der Waals surface area contributed by atoms with Crippen LogP contribution >= 0.6 is 11.6 Å². The van der Waals surface area contributed by atoms with E-state index in [2.05, 4.69) is 0 Å². The molecule has 0 radical (unpaired) electrons. The fourth-order valence-corrected chi connectivity index (χ4v) is 2.33. The van der Waals surface area contributed by atoms with Gasteiger partial charge in [0.1, 0.15) is 0 Å². The molecule has 0 unspecified atom stereocenters. The van der Waals surface area contributed by atoms with E-state index in [0.717, 1.165) is 0 Å². The molecule has 1 aliphatic heterocycles. The Bertz CT molecular complexity index is 662. The molecule has 0 fully saturated rings. The van der Waals surface area contributed by atoms with E-state index in [4.69, 9.17) is 16.0 Å². The van der Waals surface area contributed by atoms with Gasteiger partial charge in [0.05, 0.1) is 5.69 Å². The van der Waals surface area contributed by atoms with E-state index in [1.807, 2.05) is 0 Å². The minimum atomic E-state index is -0.285. The first-order valence-corrected chi connectivity index (χ1v) is 6.24. The van der Waals surface area contributed by atoms with Crippen molar-refractivity contribution in [2.45, 2.75) is 6.42 Å². The third-order valence-corrected chi connectivity index (χ3v) is 3.29. The van der Waals surface area contributed by atoms with Crippen LogP contribution in [0.15, 0.2) is 40.8 Å². The number of benzene rings is 1. The quantitative estimate of drug-likeness (QED) is 0.803. The molecule has 0 atom stereocenters. The lowest BCUT2D eigenvalue weighted by Crippen LogP contribution is -2.37. The zero-order valence-corrected chi connectivity index (χ0v) is 10.7. The Morgan fingerprint density at radius 2 is 2.00 bits per heavy atom. The number of carbonyl (C=O) groups is 2. The molecule has 1 aromatic carbocycles. The van der Waals surface area contributed by atoms with Crippen LogP contribution in [0.5, 0.6) is 0 Å². The van der Waals surface area contributed by atoms with Crippen LogP contribution in [0.2, 0.25) is 5.22 Å². The summed E-state index contributed by atoms with van der Waals surface area (Å²) in [7, 11) is 0. The standard InChI is InChI=1S/C14H10ClNO3/c15-13-6-5-12(19-13)14(18)16-8-7-11(17)9-3-1-2-4-10(9)16/h1-6H,7-8H2. The average Bonchev–Trinajstić information content (AvgIpc) is 2.86. The van der Waals surface area contributed by atoms with Crippen LogP contribution in [-0.4, -0.2) is 18.2 Å². The van der Waals surface area contributed by atoms with Crippen molar-refractivity contribution in [1.29, 1.82) is 0 Å². The number of anilines is 1. The van der Waals surface area contributed by atoms with Crippen molar-refractivity contribution in [2.24, 2.45) is 0 Å². The number of amides is 1. The lowest BCUT2D eigenvalue weighted by molar-refractivity contribution is 0.0939. The summed E-state index contributed by atoms with van der Waals surface area (Å²) in [6.45, 7) is 0.354. The van der Waals surface area contributed by atoms with Gasteiger partial charge in [-0.1, -0.05) is 12.1 Å². The summed E-state index contributed by atoms with van der Waals surface area (Å²) >= 11 is 5.68. The number of Topliss-reactive ketones (excluding diaryl/α,β-unsaturated/α-hetero) is 1. The Kier molecular flexibility index (Phi) is 2.87. The number of halogens is 1. The largest absolute Gasteiger partial charge is 0.440 e. The predicted octanol–water partition coefficient (Wildman–Crippen LogP) is 3.17. The van der Waals surface area contributed by atoms with Gasteiger partial charge in [0.15, 0.2) is 16.8 Å². The normalized spacial score (nSPS) is 14.4. The van der Waals surface area contributed by atoms with Gasteiger partial charge in [0.25, 0.3) is 5.91 Å². The van der Waals surface area contributed by atoms with Crippen molar-refractivity contribution < 1.29 is 14.0 Å². The highest BCUT2D eigenvalue weighted by Gasteiger charge is 2.28. The summed E-state index contributed by atoms with van der Waals surface area (Å²) in [5, 5.41) is 0.171. The summed E-state index contributed by atoms with van der Waals surface area (Å²) in [4.78, 5) is 25.7. The topological polar surface area (TPSA) is 50.5 Å². The zero-order chi connectivity index (χ0) is 13.4. The summed E-state index contributed by atoms with van der Waals surface area (Å²) in [5.41, 5.74) is 1.19. The molecule has 2 aromatic rings. The molecule has 2 heterocycles. The first-order chi connectivity index (χ1) is 9.16. The maximum atomic E-state index is 12.3. The van der Waals surface area contributed by atoms with Gasteiger partial charge >= 0.3 is 0 Å². The second kappa shape index (κ2) is 4.55. The predicted molar refractivity (Wildman–Crippen MR) is 70.8 cm³/mol. The van der Waals surface area contributed by atoms with Crippen molar-refractivity contribution in [1.82, 2.24) is 0 Å². The first kappa shape index (κ1) is 12.0. The third kappa shape index (κ3) is 2.04. The van der Waals surface area contributed by atoms with Crippen molar-refractivity contribution >= 4 is 29.0 Å². The fourth-order valence-electron chi connectivity index (χ4n) is 2.19. The summed E-state index contributed by atoms with van der Waals surface area (Å²) in [6.07, 6.45) is 0.317. The van der Waals surface area contributed by atoms with Gasteiger partial charge in [-0.25, -0.2) is 0 Å². The number of carbonyl (C=O) groups excluding carboxylic acids is 2. The number of hydrogen-bond donors (Lipinski definition) is 0. The van der Waals surface area contributed by atoms with E-state index in [1.54, 1.807) is 29.2 Å². The molecular formula is C14H10ClNO3. The van der Waals surface area contributed by atoms with Crippen LogP contribution < -0.4 is 4.90 Å². The van der Waals surface area contributed by atoms with Crippen LogP contribution in [-0.2, 0) is 0 Å². The first-order valence-electron chi connectivity index (χ1n) is 5.86. The van der Waals surface area contributed by atoms with Gasteiger partial charge in [-0.05, 0) is 35.9 Å². The van der Waals surface area contributed by atoms with Gasteiger partial charge in [0, 0.05) is 18.5 Å². The van der Waals surface area contributed by atoms with Crippen molar-refractivity contribution in [3.8, 4) is 0 Å². The van der Waals surface area contributed by atoms with Gasteiger partial charge in [0.2, 0.25) is 0 Å². The second-order valence-corrected chi connectivity index (χ2v) is 4.62. The van der Waals surface area contributed by atoms with E-state index in [0.29, 0.717) is 24.2 Å². The molecule has 0 N–H and O–H groups in total. The van der Waals surface area contributed by atoms with Crippen LogP contribution in [0, 0.1) is 0 Å². The van der Waals surface area contributed by atoms with E-state index in [1.165, 1.54) is 12.1 Å². The zero-order valence-electron chi connectivity index (χ0n) is 9.93. The smallest absolute Gasteiger partial charge is 0.294 e. The Labute approximate surface area is 114 Å². The maximum Gasteiger partial charge on any atom is 0.294 e. The molecule has 1 aliphatic rings. The number of furan rings is 1. The van der Waals surface area contributed by atoms with E-state index in [-0.39, 0.29) is 22.7 Å². The van der Waals surface area contributed by atoms with Crippen molar-refractivity contribution in [2.75, 3.05) is 11.4 Å². The van der Waals surface area contributed by atoms with Gasteiger partial charge in [-0.2, -0.15) is 0 Å². The van der Waals surface area contributed by atoms with Crippen LogP contribution in [0.4, 0.5) is 5.69 Å². The lowest BCUT2D eigenvalue weighted by Gasteiger charge is -2.27. The molecule has 0 saturated heterocycles. The van der Waals surface area contributed by atoms with Crippen molar-refractivity contribution in [3.05, 3.63) is 52.9 Å². The Hall–Kier alpha value is -2.07. The molecule has 0 bridgehead atoms. The molecule has 3 rings (SSSR count). The monoisotopic (exact) mass is 275 g/mol. The van der Waals surface area contributed by atoms with Gasteiger partial charge < -0.3 is 9.32 Å². The number of nitrogens with zero attached hydrogens (tertiary/aromatic N) is 1. The highest BCUT2D eigenvalue weighted by atomic mass is 35.5. The Morgan fingerprint density at radius 3 is 2.74 bits per heavy atom. The highest BCUT2D eigenvalue weighted by molar-refractivity contribution is 6.29. The Morgan fingerprint density at radius 1 is 1.21 bits per heavy atom. The van der Waals surface area contributed by atoms with Crippen molar-refractivity contribution in [3.63, 3.8) is 0 Å². The number of hydrogen-bond acceptors (Lipinski definition) is 3. The second-order valence-electron chi connectivity index (χ2n) is 4.25. The van der Waals surface area contributed by atoms with Gasteiger partial charge in [-0.15, -0.1) is 0 Å². The number of fused-ring (bicyclic) bond motifs is 1. The molecule has 1 aromatic heterocycles. The minimum Gasteiger partial charge on any atom is -0.440 e. The van der Waals surface area contributed by atoms with Gasteiger partial charge in [-0.3, -0.25) is 9.59 Å². The number of rotatable bonds is 1. The van der Waals surface area contributed by atoms with E-state index < -0.39 is 0 Å². The Balaban J connectivity index is 2.01. The fraction of sp³-hybridized carbons (Fsp3) is 0.143. The summed E-state index contributed by atoms with van der Waals surface area (Å²) in [6, 6.07) is 10.1. The van der Waals surface area contributed by atoms with E-state index in [9.17, 15) is 9.59 Å². The highest BCUT2D eigenvalue weighted by Crippen LogP contribution is 2.28. The third-order valence-electron chi connectivity index (χ3n) is 3.09. The van der Waals surface area contributed by atoms with Crippen LogP contribution in [0.25, 0.3) is 0 Å². The molecule has 1 amide bonds. The molecule has 19 heavy (non-hydrogen) atoms.